The summed E-state index contributed by atoms with van der Waals surface area (Å²) in [7, 11) is 0. The molecule has 0 aliphatic rings. The Hall–Kier alpha value is -2.57. The number of ether oxygens (including phenoxy) is 1. The van der Waals surface area contributed by atoms with Crippen LogP contribution in [0.5, 0.6) is 5.75 Å². The summed E-state index contributed by atoms with van der Waals surface area (Å²) in [6.45, 7) is 3.64. The highest BCUT2D eigenvalue weighted by Crippen LogP contribution is 2.29. The molecule has 7 heteroatoms. The van der Waals surface area contributed by atoms with Gasteiger partial charge in [-0.25, -0.2) is 4.98 Å². The molecule has 1 N–H and O–H groups in total. The number of imidazole rings is 1. The number of nitrogens with one attached hydrogen (secondary N) is 1. The number of nitrogens with zero attached hydrogens (tertiary/aromatic N) is 3. The lowest BCUT2D eigenvalue weighted by Crippen LogP contribution is -2.09. The third kappa shape index (κ3) is 3.47. The van der Waals surface area contributed by atoms with Gasteiger partial charge in [-0.1, -0.05) is 0 Å². The van der Waals surface area contributed by atoms with E-state index in [-0.39, 0.29) is 11.4 Å². The van der Waals surface area contributed by atoms with Gasteiger partial charge in [0.05, 0.1) is 17.9 Å². The highest BCUT2D eigenvalue weighted by atomic mass is 16.6. The molecule has 0 saturated heterocycles. The van der Waals surface area contributed by atoms with Crippen LogP contribution in [-0.4, -0.2) is 27.6 Å². The van der Waals surface area contributed by atoms with E-state index >= 15 is 0 Å². The molecule has 0 radical (unpaired) electrons. The molecule has 0 aliphatic heterocycles. The summed E-state index contributed by atoms with van der Waals surface area (Å²) in [4.78, 5) is 14.4. The van der Waals surface area contributed by atoms with E-state index in [2.05, 4.69) is 10.3 Å². The highest BCUT2D eigenvalue weighted by molar-refractivity contribution is 5.57. The molecule has 0 aliphatic carbocycles. The van der Waals surface area contributed by atoms with E-state index < -0.39 is 4.92 Å². The maximum atomic E-state index is 10.9. The molecule has 0 unspecified atom stereocenters. The first-order valence-corrected chi connectivity index (χ1v) is 6.31. The summed E-state index contributed by atoms with van der Waals surface area (Å²) >= 11 is 0. The molecule has 0 amide bonds. The van der Waals surface area contributed by atoms with Crippen LogP contribution in [0.3, 0.4) is 0 Å². The predicted molar refractivity (Wildman–Crippen MR) is 75.0 cm³/mol. The van der Waals surface area contributed by atoms with E-state index in [1.807, 2.05) is 10.8 Å². The molecule has 7 nitrogen and oxygen atoms in total. The molecule has 0 bridgehead atoms. The monoisotopic (exact) mass is 276 g/mol. The van der Waals surface area contributed by atoms with Crippen LogP contribution in [0.1, 0.15) is 6.92 Å². The Morgan fingerprint density at radius 1 is 1.50 bits per heavy atom. The number of anilines is 1. The number of benzene rings is 1. The quantitative estimate of drug-likeness (QED) is 0.619. The first-order chi connectivity index (χ1) is 9.70. The van der Waals surface area contributed by atoms with Crippen molar-refractivity contribution in [2.75, 3.05) is 18.5 Å². The van der Waals surface area contributed by atoms with Gasteiger partial charge in [-0.15, -0.1) is 0 Å². The maximum Gasteiger partial charge on any atom is 0.311 e. The van der Waals surface area contributed by atoms with E-state index in [0.717, 1.165) is 12.2 Å². The second kappa shape index (κ2) is 6.55. The fourth-order valence-corrected chi connectivity index (χ4v) is 1.79. The average Bonchev–Trinajstić information content (AvgIpc) is 2.92. The number of rotatable bonds is 7. The number of nitro benzene ring substituents is 1. The standard InChI is InChI=1S/C13H16N4O3/c1-2-20-13-9-11(3-4-12(13)17(18)19)15-6-8-16-7-5-14-10-16/h3-5,7,9-10,15H,2,6,8H2,1H3. The minimum atomic E-state index is -0.444. The third-order valence-corrected chi connectivity index (χ3v) is 2.71. The van der Waals surface area contributed by atoms with Gasteiger partial charge >= 0.3 is 5.69 Å². The summed E-state index contributed by atoms with van der Waals surface area (Å²) < 4.78 is 7.24. The second-order valence-corrected chi connectivity index (χ2v) is 4.10. The number of aromatic nitrogens is 2. The third-order valence-electron chi connectivity index (χ3n) is 2.71. The Labute approximate surface area is 116 Å². The van der Waals surface area contributed by atoms with Gasteiger partial charge in [0, 0.05) is 43.3 Å². The van der Waals surface area contributed by atoms with Crippen molar-refractivity contribution in [3.8, 4) is 5.75 Å². The maximum absolute atomic E-state index is 10.9. The van der Waals surface area contributed by atoms with E-state index in [9.17, 15) is 10.1 Å². The zero-order valence-corrected chi connectivity index (χ0v) is 11.2. The summed E-state index contributed by atoms with van der Waals surface area (Å²) in [5.74, 6) is 0.283. The van der Waals surface area contributed by atoms with Gasteiger partial charge in [-0.3, -0.25) is 10.1 Å². The van der Waals surface area contributed by atoms with Crippen LogP contribution in [0.25, 0.3) is 0 Å². The molecule has 1 aromatic carbocycles. The Kier molecular flexibility index (Phi) is 4.54. The summed E-state index contributed by atoms with van der Waals surface area (Å²) in [5, 5.41) is 14.1. The Balaban J connectivity index is 2.01. The van der Waals surface area contributed by atoms with Crippen LogP contribution in [-0.2, 0) is 6.54 Å². The number of nitro groups is 1. The average molecular weight is 276 g/mol. The Bertz CT molecular complexity index is 569. The van der Waals surface area contributed by atoms with E-state index in [1.54, 1.807) is 31.6 Å². The van der Waals surface area contributed by atoms with Crippen molar-refractivity contribution in [3.63, 3.8) is 0 Å². The summed E-state index contributed by atoms with van der Waals surface area (Å²) in [6, 6.07) is 4.77. The van der Waals surface area contributed by atoms with Crippen LogP contribution >= 0.6 is 0 Å². The van der Waals surface area contributed by atoms with Gasteiger partial charge in [0.1, 0.15) is 0 Å². The molecule has 106 valence electrons. The molecule has 0 spiro atoms. The van der Waals surface area contributed by atoms with Crippen molar-refractivity contribution in [1.29, 1.82) is 0 Å². The van der Waals surface area contributed by atoms with Gasteiger partial charge in [0.2, 0.25) is 0 Å². The normalized spacial score (nSPS) is 10.2. The van der Waals surface area contributed by atoms with Crippen molar-refractivity contribution in [1.82, 2.24) is 9.55 Å². The van der Waals surface area contributed by atoms with Gasteiger partial charge in [0.25, 0.3) is 0 Å². The predicted octanol–water partition coefficient (Wildman–Crippen LogP) is 2.30. The van der Waals surface area contributed by atoms with E-state index in [4.69, 9.17) is 4.74 Å². The first kappa shape index (κ1) is 13.9. The molecule has 0 atom stereocenters. The molecule has 0 saturated carbocycles. The van der Waals surface area contributed by atoms with Crippen molar-refractivity contribution in [3.05, 3.63) is 47.0 Å². The van der Waals surface area contributed by atoms with Crippen molar-refractivity contribution >= 4 is 11.4 Å². The molecular formula is C13H16N4O3. The van der Waals surface area contributed by atoms with Crippen molar-refractivity contribution in [2.24, 2.45) is 0 Å². The van der Waals surface area contributed by atoms with Crippen LogP contribution in [0.2, 0.25) is 0 Å². The topological polar surface area (TPSA) is 82.2 Å². The minimum absolute atomic E-state index is 0.0213. The molecular weight excluding hydrogens is 260 g/mol. The SMILES string of the molecule is CCOc1cc(NCCn2ccnc2)ccc1[N+](=O)[O-]. The number of hydrogen-bond donors (Lipinski definition) is 1. The van der Waals surface area contributed by atoms with Crippen LogP contribution in [0.4, 0.5) is 11.4 Å². The Morgan fingerprint density at radius 2 is 2.35 bits per heavy atom. The molecule has 2 rings (SSSR count). The van der Waals surface area contributed by atoms with Crippen LogP contribution in [0.15, 0.2) is 36.9 Å². The molecule has 0 fully saturated rings. The Morgan fingerprint density at radius 3 is 3.00 bits per heavy atom. The minimum Gasteiger partial charge on any atom is -0.487 e. The molecule has 1 aromatic heterocycles. The summed E-state index contributed by atoms with van der Waals surface area (Å²) in [6.07, 6.45) is 5.34. The molecule has 2 aromatic rings. The van der Waals surface area contributed by atoms with Gasteiger partial charge in [0.15, 0.2) is 5.75 Å². The smallest absolute Gasteiger partial charge is 0.311 e. The zero-order valence-electron chi connectivity index (χ0n) is 11.2. The van der Waals surface area contributed by atoms with Gasteiger partial charge in [-0.05, 0) is 13.0 Å². The van der Waals surface area contributed by atoms with Crippen LogP contribution in [0, 0.1) is 10.1 Å². The summed E-state index contributed by atoms with van der Waals surface area (Å²) in [5.41, 5.74) is 0.770. The fourth-order valence-electron chi connectivity index (χ4n) is 1.79. The molecule has 20 heavy (non-hydrogen) atoms. The first-order valence-electron chi connectivity index (χ1n) is 6.31. The van der Waals surface area contributed by atoms with Crippen molar-refractivity contribution < 1.29 is 9.66 Å². The highest BCUT2D eigenvalue weighted by Gasteiger charge is 2.15. The molecule has 1 heterocycles. The second-order valence-electron chi connectivity index (χ2n) is 4.10. The lowest BCUT2D eigenvalue weighted by molar-refractivity contribution is -0.385. The van der Waals surface area contributed by atoms with Crippen LogP contribution < -0.4 is 10.1 Å². The lowest BCUT2D eigenvalue weighted by atomic mass is 10.2. The number of hydrogen-bond acceptors (Lipinski definition) is 5. The van der Waals surface area contributed by atoms with E-state index in [0.29, 0.717) is 13.2 Å². The lowest BCUT2D eigenvalue weighted by Gasteiger charge is -2.09. The largest absolute Gasteiger partial charge is 0.487 e. The zero-order chi connectivity index (χ0) is 14.4. The van der Waals surface area contributed by atoms with Gasteiger partial charge in [-0.2, -0.15) is 0 Å². The van der Waals surface area contributed by atoms with E-state index in [1.165, 1.54) is 6.07 Å². The van der Waals surface area contributed by atoms with Gasteiger partial charge < -0.3 is 14.6 Å². The van der Waals surface area contributed by atoms with Crippen molar-refractivity contribution in [2.45, 2.75) is 13.5 Å². The fraction of sp³-hybridized carbons (Fsp3) is 0.308.